The van der Waals surface area contributed by atoms with Gasteiger partial charge >= 0.3 is 6.55 Å². The maximum Gasteiger partial charge on any atom is 0.319 e. The van der Waals surface area contributed by atoms with E-state index in [1.54, 1.807) is 13.8 Å². The number of alkyl halides is 2. The van der Waals surface area contributed by atoms with Gasteiger partial charge in [-0.25, -0.2) is 15.0 Å². The summed E-state index contributed by atoms with van der Waals surface area (Å²) in [5.41, 5.74) is 0.954. The summed E-state index contributed by atoms with van der Waals surface area (Å²) in [5, 5.41) is 9.59. The quantitative estimate of drug-likeness (QED) is 0.641. The number of nitriles is 1. The van der Waals surface area contributed by atoms with E-state index in [0.717, 1.165) is 4.57 Å². The number of imidazole rings is 1. The molecule has 0 aliphatic carbocycles. The van der Waals surface area contributed by atoms with Crippen LogP contribution in [0.4, 0.5) is 8.78 Å². The van der Waals surface area contributed by atoms with Gasteiger partial charge in [0.2, 0.25) is 0 Å². The van der Waals surface area contributed by atoms with E-state index in [4.69, 9.17) is 5.26 Å². The monoisotopic (exact) mass is 295 g/mol. The van der Waals surface area contributed by atoms with Crippen molar-refractivity contribution in [1.82, 2.24) is 19.5 Å². The van der Waals surface area contributed by atoms with Gasteiger partial charge in [0.15, 0.2) is 0 Å². The molecular weight excluding hydrogens is 284 g/mol. The summed E-state index contributed by atoms with van der Waals surface area (Å²) in [4.78, 5) is 12.2. The Kier molecular flexibility index (Phi) is 4.29. The third-order valence-electron chi connectivity index (χ3n) is 2.58. The molecule has 2 aromatic heterocycles. The Morgan fingerprint density at radius 1 is 1.40 bits per heavy atom. The average molecular weight is 295 g/mol. The van der Waals surface area contributed by atoms with Gasteiger partial charge < -0.3 is 0 Å². The number of thioether (sulfide) groups is 1. The number of hydrogen-bond donors (Lipinski definition) is 0. The highest BCUT2D eigenvalue weighted by Crippen LogP contribution is 2.26. The Balaban J connectivity index is 2.23. The second-order valence-corrected chi connectivity index (χ2v) is 4.93. The standard InChI is InChI=1S/C12H11F2N5S/c1-7-9(5-15)11(18-8(2)17-7)20-6-10-16-3-4-19(10)12(13)14/h3-4,12H,6H2,1-2H3. The number of halogens is 2. The minimum atomic E-state index is -2.63. The van der Waals surface area contributed by atoms with E-state index in [1.165, 1.54) is 24.2 Å². The fourth-order valence-corrected chi connectivity index (χ4v) is 2.70. The minimum Gasteiger partial charge on any atom is -0.277 e. The van der Waals surface area contributed by atoms with E-state index in [2.05, 4.69) is 15.0 Å². The Morgan fingerprint density at radius 2 is 2.15 bits per heavy atom. The lowest BCUT2D eigenvalue weighted by Gasteiger charge is -2.08. The molecule has 2 rings (SSSR count). The first-order valence-corrected chi connectivity index (χ1v) is 6.69. The lowest BCUT2D eigenvalue weighted by atomic mass is 10.3. The minimum absolute atomic E-state index is 0.210. The zero-order valence-corrected chi connectivity index (χ0v) is 11.7. The van der Waals surface area contributed by atoms with E-state index in [9.17, 15) is 8.78 Å². The van der Waals surface area contributed by atoms with E-state index in [0.29, 0.717) is 22.1 Å². The molecular formula is C12H11F2N5S. The van der Waals surface area contributed by atoms with Crippen molar-refractivity contribution < 1.29 is 8.78 Å². The highest BCUT2D eigenvalue weighted by atomic mass is 32.2. The van der Waals surface area contributed by atoms with Gasteiger partial charge in [-0.15, -0.1) is 0 Å². The molecule has 2 aromatic rings. The molecule has 0 bridgehead atoms. The molecule has 8 heteroatoms. The molecule has 0 N–H and O–H groups in total. The van der Waals surface area contributed by atoms with Crippen LogP contribution in [-0.4, -0.2) is 19.5 Å². The number of rotatable bonds is 4. The van der Waals surface area contributed by atoms with Crippen LogP contribution in [0.1, 0.15) is 29.5 Å². The molecule has 0 spiro atoms. The van der Waals surface area contributed by atoms with Gasteiger partial charge in [-0.1, -0.05) is 11.8 Å². The summed E-state index contributed by atoms with van der Waals surface area (Å²) in [6, 6.07) is 2.04. The van der Waals surface area contributed by atoms with Crippen LogP contribution in [0, 0.1) is 25.2 Å². The van der Waals surface area contributed by atoms with Crippen LogP contribution in [0.5, 0.6) is 0 Å². The van der Waals surface area contributed by atoms with Gasteiger partial charge in [0.1, 0.15) is 28.3 Å². The maximum atomic E-state index is 12.7. The van der Waals surface area contributed by atoms with E-state index in [-0.39, 0.29) is 11.6 Å². The van der Waals surface area contributed by atoms with Crippen LogP contribution in [0.25, 0.3) is 0 Å². The SMILES string of the molecule is Cc1nc(C)c(C#N)c(SCc2nccn2C(F)F)n1. The predicted octanol–water partition coefficient (Wildman–Crippen LogP) is 2.85. The molecule has 0 amide bonds. The first-order valence-electron chi connectivity index (χ1n) is 5.71. The Bertz CT molecular complexity index is 662. The molecule has 0 aliphatic heterocycles. The van der Waals surface area contributed by atoms with E-state index < -0.39 is 6.55 Å². The van der Waals surface area contributed by atoms with E-state index in [1.807, 2.05) is 6.07 Å². The van der Waals surface area contributed by atoms with Gasteiger partial charge in [0.25, 0.3) is 0 Å². The largest absolute Gasteiger partial charge is 0.319 e. The van der Waals surface area contributed by atoms with Gasteiger partial charge in [0.05, 0.1) is 11.4 Å². The van der Waals surface area contributed by atoms with Crippen LogP contribution in [0.15, 0.2) is 17.4 Å². The average Bonchev–Trinajstić information content (AvgIpc) is 2.84. The van der Waals surface area contributed by atoms with Gasteiger partial charge in [0, 0.05) is 12.4 Å². The topological polar surface area (TPSA) is 67.4 Å². The molecule has 104 valence electrons. The molecule has 0 fully saturated rings. The normalized spacial score (nSPS) is 10.8. The van der Waals surface area contributed by atoms with Gasteiger partial charge in [-0.05, 0) is 13.8 Å². The van der Waals surface area contributed by atoms with Crippen molar-refractivity contribution in [3.05, 3.63) is 35.3 Å². The molecule has 0 aromatic carbocycles. The molecule has 5 nitrogen and oxygen atoms in total. The third kappa shape index (κ3) is 2.93. The van der Waals surface area contributed by atoms with Crippen molar-refractivity contribution >= 4 is 11.8 Å². The van der Waals surface area contributed by atoms with Crippen molar-refractivity contribution in [3.63, 3.8) is 0 Å². The Morgan fingerprint density at radius 3 is 2.80 bits per heavy atom. The molecule has 20 heavy (non-hydrogen) atoms. The van der Waals surface area contributed by atoms with Crippen molar-refractivity contribution in [1.29, 1.82) is 5.26 Å². The highest BCUT2D eigenvalue weighted by Gasteiger charge is 2.15. The zero-order chi connectivity index (χ0) is 14.7. The van der Waals surface area contributed by atoms with Gasteiger partial charge in [-0.2, -0.15) is 14.0 Å². The molecule has 0 atom stereocenters. The predicted molar refractivity (Wildman–Crippen MR) is 69.3 cm³/mol. The van der Waals surface area contributed by atoms with Crippen molar-refractivity contribution in [2.45, 2.75) is 31.2 Å². The Hall–Kier alpha value is -2.01. The van der Waals surface area contributed by atoms with Crippen molar-refractivity contribution in [2.75, 3.05) is 0 Å². The number of aryl methyl sites for hydroxylation is 2. The van der Waals surface area contributed by atoms with Crippen LogP contribution >= 0.6 is 11.8 Å². The Labute approximate surface area is 118 Å². The molecule has 0 saturated heterocycles. The fraction of sp³-hybridized carbons (Fsp3) is 0.333. The van der Waals surface area contributed by atoms with E-state index >= 15 is 0 Å². The van der Waals surface area contributed by atoms with Crippen LogP contribution < -0.4 is 0 Å². The summed E-state index contributed by atoms with van der Waals surface area (Å²) in [5.74, 6) is 0.992. The van der Waals surface area contributed by atoms with Crippen molar-refractivity contribution in [2.24, 2.45) is 0 Å². The van der Waals surface area contributed by atoms with Crippen LogP contribution in [0.3, 0.4) is 0 Å². The molecule has 0 unspecified atom stereocenters. The molecule has 0 aliphatic rings. The first kappa shape index (κ1) is 14.4. The third-order valence-corrected chi connectivity index (χ3v) is 3.55. The van der Waals surface area contributed by atoms with Crippen molar-refractivity contribution in [3.8, 4) is 6.07 Å². The zero-order valence-electron chi connectivity index (χ0n) is 10.8. The number of aromatic nitrogens is 4. The van der Waals surface area contributed by atoms with Crippen LogP contribution in [-0.2, 0) is 5.75 Å². The second kappa shape index (κ2) is 5.96. The number of nitrogens with zero attached hydrogens (tertiary/aromatic N) is 5. The molecule has 0 saturated carbocycles. The fourth-order valence-electron chi connectivity index (χ4n) is 1.68. The smallest absolute Gasteiger partial charge is 0.277 e. The molecule has 0 radical (unpaired) electrons. The lowest BCUT2D eigenvalue weighted by molar-refractivity contribution is 0.0678. The summed E-state index contributed by atoms with van der Waals surface area (Å²) in [6.07, 6.45) is 2.55. The summed E-state index contributed by atoms with van der Waals surface area (Å²) in [6.45, 7) is 0.813. The second-order valence-electron chi connectivity index (χ2n) is 3.97. The van der Waals surface area contributed by atoms with Gasteiger partial charge in [-0.3, -0.25) is 4.57 Å². The number of hydrogen-bond acceptors (Lipinski definition) is 5. The van der Waals surface area contributed by atoms with Crippen LogP contribution in [0.2, 0.25) is 0 Å². The summed E-state index contributed by atoms with van der Waals surface area (Å²) >= 11 is 1.20. The maximum absolute atomic E-state index is 12.7. The summed E-state index contributed by atoms with van der Waals surface area (Å²) in [7, 11) is 0. The first-order chi connectivity index (χ1) is 9.52. The lowest BCUT2D eigenvalue weighted by Crippen LogP contribution is -2.03. The molecule has 2 heterocycles. The highest BCUT2D eigenvalue weighted by molar-refractivity contribution is 7.98. The summed E-state index contributed by atoms with van der Waals surface area (Å²) < 4.78 is 26.2.